The maximum atomic E-state index is 13.8. The zero-order valence-corrected chi connectivity index (χ0v) is 13.2. The average Bonchev–Trinajstić information content (AvgIpc) is 2.89. The van der Waals surface area contributed by atoms with Gasteiger partial charge >= 0.3 is 0 Å². The van der Waals surface area contributed by atoms with Gasteiger partial charge in [0.1, 0.15) is 5.82 Å². The molecule has 1 aromatic rings. The molecule has 0 bridgehead atoms. The Balaban J connectivity index is 1.50. The maximum Gasteiger partial charge on any atom is 0.126 e. The lowest BCUT2D eigenvalue weighted by molar-refractivity contribution is 0.137. The van der Waals surface area contributed by atoms with Gasteiger partial charge in [-0.3, -0.25) is 0 Å². The summed E-state index contributed by atoms with van der Waals surface area (Å²) in [7, 11) is 4.41. The Labute approximate surface area is 127 Å². The van der Waals surface area contributed by atoms with Gasteiger partial charge in [0.05, 0.1) is 0 Å². The monoisotopic (exact) mass is 290 g/mol. The number of hydrogen-bond donors (Lipinski definition) is 1. The Morgan fingerprint density at radius 2 is 1.86 bits per heavy atom. The molecule has 0 aliphatic heterocycles. The molecule has 2 aliphatic rings. The van der Waals surface area contributed by atoms with Crippen molar-refractivity contribution in [2.45, 2.75) is 56.0 Å². The minimum atomic E-state index is -0.0403. The second kappa shape index (κ2) is 6.05. The van der Waals surface area contributed by atoms with Crippen molar-refractivity contribution in [3.63, 3.8) is 0 Å². The number of halogens is 1. The molecule has 0 amide bonds. The molecule has 0 unspecified atom stereocenters. The van der Waals surface area contributed by atoms with Crippen molar-refractivity contribution in [2.75, 3.05) is 20.6 Å². The molecule has 21 heavy (non-hydrogen) atoms. The first-order valence-corrected chi connectivity index (χ1v) is 8.26. The second-order valence-corrected chi connectivity index (χ2v) is 7.09. The lowest BCUT2D eigenvalue weighted by atomic mass is 9.75. The van der Waals surface area contributed by atoms with Crippen LogP contribution in [0.25, 0.3) is 0 Å². The van der Waals surface area contributed by atoms with Gasteiger partial charge in [-0.05, 0) is 57.3 Å². The Hall–Kier alpha value is -0.930. The van der Waals surface area contributed by atoms with E-state index >= 15 is 0 Å². The molecule has 2 nitrogen and oxygen atoms in total. The van der Waals surface area contributed by atoms with Crippen molar-refractivity contribution < 1.29 is 4.39 Å². The fourth-order valence-corrected chi connectivity index (χ4v) is 3.99. The van der Waals surface area contributed by atoms with Crippen LogP contribution in [-0.2, 0) is 0 Å². The highest BCUT2D eigenvalue weighted by molar-refractivity contribution is 5.24. The van der Waals surface area contributed by atoms with Crippen LogP contribution in [0.5, 0.6) is 0 Å². The third-order valence-electron chi connectivity index (χ3n) is 5.69. The maximum absolute atomic E-state index is 13.8. The predicted octanol–water partition coefficient (Wildman–Crippen LogP) is 3.54. The number of nitrogens with one attached hydrogen (secondary N) is 1. The van der Waals surface area contributed by atoms with Gasteiger partial charge in [0.25, 0.3) is 0 Å². The van der Waals surface area contributed by atoms with Crippen LogP contribution in [0, 0.1) is 5.82 Å². The van der Waals surface area contributed by atoms with E-state index in [1.807, 2.05) is 12.1 Å². The van der Waals surface area contributed by atoms with Crippen molar-refractivity contribution in [3.05, 3.63) is 35.6 Å². The van der Waals surface area contributed by atoms with Gasteiger partial charge < -0.3 is 10.2 Å². The summed E-state index contributed by atoms with van der Waals surface area (Å²) in [5.74, 6) is 0.365. The molecule has 2 aliphatic carbocycles. The Morgan fingerprint density at radius 1 is 1.19 bits per heavy atom. The van der Waals surface area contributed by atoms with Gasteiger partial charge in [-0.15, -0.1) is 0 Å². The molecule has 1 N–H and O–H groups in total. The first-order chi connectivity index (χ1) is 10.1. The van der Waals surface area contributed by atoms with E-state index in [0.29, 0.717) is 17.5 Å². The van der Waals surface area contributed by atoms with Crippen LogP contribution < -0.4 is 5.32 Å². The Kier molecular flexibility index (Phi) is 4.32. The molecule has 116 valence electrons. The van der Waals surface area contributed by atoms with E-state index in [4.69, 9.17) is 0 Å². The largest absolute Gasteiger partial charge is 0.312 e. The van der Waals surface area contributed by atoms with Crippen LogP contribution in [-0.4, -0.2) is 37.1 Å². The van der Waals surface area contributed by atoms with Gasteiger partial charge in [-0.25, -0.2) is 4.39 Å². The van der Waals surface area contributed by atoms with E-state index in [0.717, 1.165) is 24.9 Å². The molecule has 0 heterocycles. The second-order valence-electron chi connectivity index (χ2n) is 7.09. The van der Waals surface area contributed by atoms with E-state index in [1.54, 1.807) is 12.1 Å². The lowest BCUT2D eigenvalue weighted by Gasteiger charge is -2.42. The molecule has 1 aromatic carbocycles. The van der Waals surface area contributed by atoms with Gasteiger partial charge in [-0.1, -0.05) is 31.0 Å². The molecule has 2 fully saturated rings. The third kappa shape index (κ3) is 3.00. The Bertz CT molecular complexity index is 474. The van der Waals surface area contributed by atoms with Gasteiger partial charge in [0.2, 0.25) is 0 Å². The van der Waals surface area contributed by atoms with Crippen molar-refractivity contribution in [1.29, 1.82) is 0 Å². The van der Waals surface area contributed by atoms with Crippen LogP contribution in [0.1, 0.15) is 50.0 Å². The van der Waals surface area contributed by atoms with Crippen LogP contribution in [0.3, 0.4) is 0 Å². The van der Waals surface area contributed by atoms with E-state index < -0.39 is 0 Å². The SMILES string of the molecule is CN(C)C1(CNC2CC(c3ccccc3F)C2)CCCC1. The molecule has 0 radical (unpaired) electrons. The van der Waals surface area contributed by atoms with E-state index in [2.05, 4.69) is 24.3 Å². The number of likely N-dealkylation sites (N-methyl/N-ethyl adjacent to an activating group) is 1. The Morgan fingerprint density at radius 3 is 2.48 bits per heavy atom. The van der Waals surface area contributed by atoms with Crippen molar-refractivity contribution in [3.8, 4) is 0 Å². The number of hydrogen-bond acceptors (Lipinski definition) is 2. The normalized spacial score (nSPS) is 27.8. The molecule has 0 aromatic heterocycles. The topological polar surface area (TPSA) is 15.3 Å². The summed E-state index contributed by atoms with van der Waals surface area (Å²) in [5, 5.41) is 3.74. The van der Waals surface area contributed by atoms with Crippen molar-refractivity contribution in [1.82, 2.24) is 10.2 Å². The number of benzene rings is 1. The summed E-state index contributed by atoms with van der Waals surface area (Å²) in [4.78, 5) is 2.40. The van der Waals surface area contributed by atoms with Gasteiger partial charge in [0, 0.05) is 18.1 Å². The van der Waals surface area contributed by atoms with E-state index in [-0.39, 0.29) is 5.82 Å². The smallest absolute Gasteiger partial charge is 0.126 e. The van der Waals surface area contributed by atoms with E-state index in [9.17, 15) is 4.39 Å². The van der Waals surface area contributed by atoms with E-state index in [1.165, 1.54) is 25.7 Å². The predicted molar refractivity (Wildman–Crippen MR) is 85.1 cm³/mol. The fraction of sp³-hybridized carbons (Fsp3) is 0.667. The van der Waals surface area contributed by atoms with Crippen LogP contribution in [0.15, 0.2) is 24.3 Å². The molecule has 2 saturated carbocycles. The first-order valence-electron chi connectivity index (χ1n) is 8.26. The minimum Gasteiger partial charge on any atom is -0.312 e. The minimum absolute atomic E-state index is 0.0403. The van der Waals surface area contributed by atoms with Crippen LogP contribution in [0.4, 0.5) is 4.39 Å². The fourth-order valence-electron chi connectivity index (χ4n) is 3.99. The molecular formula is C18H27FN2. The standard InChI is InChI=1S/C18H27FN2/c1-21(2)18(9-5-6-10-18)13-20-15-11-14(12-15)16-7-3-4-8-17(16)19/h3-4,7-8,14-15,20H,5-6,9-13H2,1-2H3. The van der Waals surface area contributed by atoms with Crippen molar-refractivity contribution >= 4 is 0 Å². The molecule has 0 atom stereocenters. The van der Waals surface area contributed by atoms with Gasteiger partial charge in [0.15, 0.2) is 0 Å². The lowest BCUT2D eigenvalue weighted by Crippen LogP contribution is -2.53. The number of nitrogens with zero attached hydrogens (tertiary/aromatic N) is 1. The number of rotatable bonds is 5. The first kappa shape index (κ1) is 15.0. The quantitative estimate of drug-likeness (QED) is 0.892. The highest BCUT2D eigenvalue weighted by Gasteiger charge is 2.38. The zero-order chi connectivity index (χ0) is 14.9. The highest BCUT2D eigenvalue weighted by Crippen LogP contribution is 2.39. The summed E-state index contributed by atoms with van der Waals surface area (Å²) >= 11 is 0. The third-order valence-corrected chi connectivity index (χ3v) is 5.69. The van der Waals surface area contributed by atoms with Crippen LogP contribution >= 0.6 is 0 Å². The molecule has 3 rings (SSSR count). The molecular weight excluding hydrogens is 263 g/mol. The summed E-state index contributed by atoms with van der Waals surface area (Å²) < 4.78 is 13.8. The zero-order valence-electron chi connectivity index (χ0n) is 13.2. The summed E-state index contributed by atoms with van der Waals surface area (Å²) in [6.07, 6.45) is 7.45. The summed E-state index contributed by atoms with van der Waals surface area (Å²) in [6.45, 7) is 1.08. The van der Waals surface area contributed by atoms with Crippen LogP contribution in [0.2, 0.25) is 0 Å². The highest BCUT2D eigenvalue weighted by atomic mass is 19.1. The molecule has 3 heteroatoms. The molecule has 0 spiro atoms. The summed E-state index contributed by atoms with van der Waals surface area (Å²) in [5.41, 5.74) is 1.25. The molecule has 0 saturated heterocycles. The average molecular weight is 290 g/mol. The van der Waals surface area contributed by atoms with Gasteiger partial charge in [-0.2, -0.15) is 0 Å². The van der Waals surface area contributed by atoms with Crippen molar-refractivity contribution in [2.24, 2.45) is 0 Å². The summed E-state index contributed by atoms with van der Waals surface area (Å²) in [6, 6.07) is 7.80.